The molecule has 0 amide bonds. The van der Waals surface area contributed by atoms with Crippen LogP contribution >= 0.6 is 0 Å². The lowest BCUT2D eigenvalue weighted by molar-refractivity contribution is -0.232. The molecule has 15 heavy (non-hydrogen) atoms. The highest BCUT2D eigenvalue weighted by Gasteiger charge is 2.10. The van der Waals surface area contributed by atoms with Gasteiger partial charge in [0.15, 0.2) is 0 Å². The van der Waals surface area contributed by atoms with E-state index < -0.39 is 5.97 Å². The van der Waals surface area contributed by atoms with Gasteiger partial charge in [0.25, 0.3) is 0 Å². The summed E-state index contributed by atoms with van der Waals surface area (Å²) in [5.74, 6) is -0.470. The minimum absolute atomic E-state index is 0.470. The summed E-state index contributed by atoms with van der Waals surface area (Å²) in [5.41, 5.74) is 1.59. The van der Waals surface area contributed by atoms with Crippen molar-refractivity contribution in [3.8, 4) is 0 Å². The molecule has 0 aliphatic carbocycles. The third-order valence-electron chi connectivity index (χ3n) is 2.04. The Morgan fingerprint density at radius 1 is 1.20 bits per heavy atom. The molecule has 1 aromatic rings. The number of aryl methyl sites for hydroxylation is 1. The molecule has 3 nitrogen and oxygen atoms in total. The molecular weight excluding hydrogens is 192 g/mol. The normalized spacial score (nSPS) is 10.4. The van der Waals surface area contributed by atoms with Crippen LogP contribution in [0.4, 0.5) is 0 Å². The van der Waals surface area contributed by atoms with E-state index in [1.165, 1.54) is 0 Å². The average molecular weight is 207 g/mol. The molecule has 0 aliphatic rings. The van der Waals surface area contributed by atoms with Gasteiger partial charge in [0, 0.05) is 0 Å². The van der Waals surface area contributed by atoms with Crippen molar-refractivity contribution in [3.05, 3.63) is 41.5 Å². The molecule has 1 rings (SSSR count). The Labute approximate surface area is 89.9 Å². The van der Waals surface area contributed by atoms with E-state index in [0.29, 0.717) is 11.7 Å². The maximum absolute atomic E-state index is 11.4. The van der Waals surface area contributed by atoms with Gasteiger partial charge in [-0.2, -0.15) is 4.89 Å². The molecule has 0 bridgehead atoms. The summed E-state index contributed by atoms with van der Waals surface area (Å²) in [6.45, 7) is 5.65. The Hall–Kier alpha value is -1.35. The minimum atomic E-state index is -0.470. The van der Waals surface area contributed by atoms with Crippen molar-refractivity contribution >= 4 is 5.97 Å². The van der Waals surface area contributed by atoms with Crippen molar-refractivity contribution in [2.24, 2.45) is 0 Å². The smallest absolute Gasteiger partial charge is 0.292 e. The fourth-order valence-electron chi connectivity index (χ4n) is 0.906. The van der Waals surface area contributed by atoms with Crippen molar-refractivity contribution in [1.29, 1.82) is 0 Å². The molecule has 0 atom stereocenters. The van der Waals surface area contributed by atoms with E-state index in [1.807, 2.05) is 26.0 Å². The molecule has 1 radical (unpaired) electrons. The van der Waals surface area contributed by atoms with Gasteiger partial charge >= 0.3 is 5.97 Å². The van der Waals surface area contributed by atoms with Gasteiger partial charge in [0.2, 0.25) is 0 Å². The van der Waals surface area contributed by atoms with Crippen LogP contribution in [0.25, 0.3) is 0 Å². The number of carbonyl (C=O) groups excluding carboxylic acids is 1. The number of hydrogen-bond acceptors (Lipinski definition) is 3. The maximum atomic E-state index is 11.4. The van der Waals surface area contributed by atoms with Crippen molar-refractivity contribution in [3.63, 3.8) is 0 Å². The SMILES string of the molecule is CC[C](C)OOC(=O)c1ccc(C)cc1. The van der Waals surface area contributed by atoms with E-state index in [9.17, 15) is 4.79 Å². The first kappa shape index (κ1) is 11.7. The summed E-state index contributed by atoms with van der Waals surface area (Å²) in [6.07, 6.45) is 1.40. The molecule has 0 aliphatic heterocycles. The number of hydrogen-bond donors (Lipinski definition) is 0. The molecule has 0 saturated heterocycles. The maximum Gasteiger partial charge on any atom is 0.373 e. The Balaban J connectivity index is 2.50. The summed E-state index contributed by atoms with van der Waals surface area (Å²) in [7, 11) is 0. The quantitative estimate of drug-likeness (QED) is 0.562. The first-order chi connectivity index (χ1) is 7.13. The van der Waals surface area contributed by atoms with Crippen molar-refractivity contribution in [2.45, 2.75) is 27.2 Å². The molecule has 81 valence electrons. The summed E-state index contributed by atoms with van der Waals surface area (Å²) in [4.78, 5) is 20.9. The standard InChI is InChI=1S/C12H15O3/c1-4-10(3)14-15-12(13)11-7-5-9(2)6-8-11/h5-8H,4H2,1-3H3. The lowest BCUT2D eigenvalue weighted by atomic mass is 10.2. The first-order valence-electron chi connectivity index (χ1n) is 4.91. The molecule has 0 heterocycles. The molecule has 0 fully saturated rings. The van der Waals surface area contributed by atoms with Crippen LogP contribution in [-0.4, -0.2) is 5.97 Å². The zero-order valence-corrected chi connectivity index (χ0v) is 9.24. The topological polar surface area (TPSA) is 35.5 Å². The Bertz CT molecular complexity index is 316. The Kier molecular flexibility index (Phi) is 4.31. The number of benzene rings is 1. The average Bonchev–Trinajstić information content (AvgIpc) is 2.26. The summed E-state index contributed by atoms with van der Waals surface area (Å²) >= 11 is 0. The van der Waals surface area contributed by atoms with E-state index in [0.717, 1.165) is 12.0 Å². The fraction of sp³-hybridized carbons (Fsp3) is 0.333. The van der Waals surface area contributed by atoms with Crippen LogP contribution in [0, 0.1) is 13.0 Å². The fourth-order valence-corrected chi connectivity index (χ4v) is 0.906. The predicted molar refractivity (Wildman–Crippen MR) is 56.9 cm³/mol. The molecule has 0 aromatic heterocycles. The molecule has 0 spiro atoms. The van der Waals surface area contributed by atoms with Gasteiger partial charge in [-0.3, -0.25) is 4.89 Å². The van der Waals surface area contributed by atoms with E-state index in [-0.39, 0.29) is 0 Å². The molecule has 0 N–H and O–H groups in total. The molecule has 3 heteroatoms. The molecule has 1 aromatic carbocycles. The second-order valence-corrected chi connectivity index (χ2v) is 3.38. The van der Waals surface area contributed by atoms with Gasteiger partial charge in [0.1, 0.15) is 6.10 Å². The van der Waals surface area contributed by atoms with Gasteiger partial charge in [-0.05, 0) is 32.4 Å². The van der Waals surface area contributed by atoms with Crippen LogP contribution in [0.1, 0.15) is 36.2 Å². The largest absolute Gasteiger partial charge is 0.373 e. The zero-order chi connectivity index (χ0) is 11.3. The van der Waals surface area contributed by atoms with Crippen molar-refractivity contribution in [2.75, 3.05) is 0 Å². The van der Waals surface area contributed by atoms with Gasteiger partial charge < -0.3 is 0 Å². The van der Waals surface area contributed by atoms with Gasteiger partial charge in [0.05, 0.1) is 5.56 Å². The highest BCUT2D eigenvalue weighted by atomic mass is 17.2. The van der Waals surface area contributed by atoms with Crippen LogP contribution < -0.4 is 0 Å². The highest BCUT2D eigenvalue weighted by Crippen LogP contribution is 2.09. The molecule has 0 unspecified atom stereocenters. The Morgan fingerprint density at radius 3 is 2.33 bits per heavy atom. The Morgan fingerprint density at radius 2 is 1.80 bits per heavy atom. The summed E-state index contributed by atoms with van der Waals surface area (Å²) in [6, 6.07) is 7.13. The van der Waals surface area contributed by atoms with E-state index in [2.05, 4.69) is 4.89 Å². The number of rotatable bonds is 4. The van der Waals surface area contributed by atoms with Gasteiger partial charge in [-0.1, -0.05) is 24.6 Å². The third-order valence-corrected chi connectivity index (χ3v) is 2.04. The second-order valence-electron chi connectivity index (χ2n) is 3.38. The number of carbonyl (C=O) groups is 1. The van der Waals surface area contributed by atoms with Crippen molar-refractivity contribution in [1.82, 2.24) is 0 Å². The monoisotopic (exact) mass is 207 g/mol. The van der Waals surface area contributed by atoms with Crippen LogP contribution in [0.15, 0.2) is 24.3 Å². The van der Waals surface area contributed by atoms with Crippen molar-refractivity contribution < 1.29 is 14.6 Å². The molecular formula is C12H15O3. The molecule has 0 saturated carbocycles. The van der Waals surface area contributed by atoms with E-state index in [1.54, 1.807) is 19.1 Å². The lowest BCUT2D eigenvalue weighted by Gasteiger charge is -2.07. The van der Waals surface area contributed by atoms with E-state index >= 15 is 0 Å². The van der Waals surface area contributed by atoms with Gasteiger partial charge in [-0.15, -0.1) is 0 Å². The second kappa shape index (κ2) is 5.51. The summed E-state index contributed by atoms with van der Waals surface area (Å²) in [5, 5.41) is 0. The minimum Gasteiger partial charge on any atom is -0.292 e. The van der Waals surface area contributed by atoms with E-state index in [4.69, 9.17) is 4.89 Å². The van der Waals surface area contributed by atoms with Crippen LogP contribution in [0.3, 0.4) is 0 Å². The highest BCUT2D eigenvalue weighted by molar-refractivity contribution is 5.88. The third kappa shape index (κ3) is 3.72. The first-order valence-corrected chi connectivity index (χ1v) is 4.91. The predicted octanol–water partition coefficient (Wildman–Crippen LogP) is 3.05. The van der Waals surface area contributed by atoms with Crippen LogP contribution in [0.2, 0.25) is 0 Å². The van der Waals surface area contributed by atoms with Gasteiger partial charge in [-0.25, -0.2) is 4.79 Å². The van der Waals surface area contributed by atoms with Crippen LogP contribution in [0.5, 0.6) is 0 Å². The lowest BCUT2D eigenvalue weighted by Crippen LogP contribution is -2.08. The summed E-state index contributed by atoms with van der Waals surface area (Å²) < 4.78 is 0. The zero-order valence-electron chi connectivity index (χ0n) is 9.24. The van der Waals surface area contributed by atoms with Crippen LogP contribution in [-0.2, 0) is 9.78 Å².